The maximum atomic E-state index is 5.34. The lowest BCUT2D eigenvalue weighted by molar-refractivity contribution is 0.365. The Morgan fingerprint density at radius 2 is 2.00 bits per heavy atom. The first-order valence-corrected chi connectivity index (χ1v) is 5.39. The van der Waals surface area contributed by atoms with Gasteiger partial charge in [-0.15, -0.1) is 0 Å². The highest BCUT2D eigenvalue weighted by molar-refractivity contribution is 5.03. The van der Waals surface area contributed by atoms with E-state index in [0.29, 0.717) is 12.1 Å². The molecule has 0 saturated carbocycles. The molecule has 2 heteroatoms. The van der Waals surface area contributed by atoms with Gasteiger partial charge in [-0.2, -0.15) is 0 Å². The Bertz CT molecular complexity index is 241. The second-order valence-electron chi connectivity index (χ2n) is 4.43. The number of furan rings is 1. The zero-order valence-corrected chi connectivity index (χ0v) is 9.58. The van der Waals surface area contributed by atoms with Gasteiger partial charge in [0.25, 0.3) is 0 Å². The molecule has 0 fully saturated rings. The molecule has 2 nitrogen and oxygen atoms in total. The molecule has 1 aromatic rings. The van der Waals surface area contributed by atoms with Gasteiger partial charge < -0.3 is 9.73 Å². The second kappa shape index (κ2) is 5.20. The van der Waals surface area contributed by atoms with Gasteiger partial charge in [-0.05, 0) is 38.3 Å². The summed E-state index contributed by atoms with van der Waals surface area (Å²) in [6, 6.07) is 4.79. The van der Waals surface area contributed by atoms with Crippen molar-refractivity contribution in [2.45, 2.75) is 46.2 Å². The van der Waals surface area contributed by atoms with E-state index in [-0.39, 0.29) is 0 Å². The summed E-state index contributed by atoms with van der Waals surface area (Å²) in [6.07, 6.45) is 2.92. The lowest BCUT2D eigenvalue weighted by Crippen LogP contribution is -2.29. The van der Waals surface area contributed by atoms with Crippen LogP contribution in [-0.2, 0) is 0 Å². The lowest BCUT2D eigenvalue weighted by Gasteiger charge is -2.19. The largest absolute Gasteiger partial charge is 0.468 e. The molecule has 1 rings (SSSR count). The minimum absolute atomic E-state index is 0.304. The van der Waals surface area contributed by atoms with Crippen molar-refractivity contribution in [3.63, 3.8) is 0 Å². The molecule has 1 heterocycles. The van der Waals surface area contributed by atoms with Gasteiger partial charge in [0.2, 0.25) is 0 Å². The normalized spacial score (nSPS) is 15.8. The summed E-state index contributed by atoms with van der Waals surface area (Å²) in [4.78, 5) is 0. The van der Waals surface area contributed by atoms with E-state index < -0.39 is 0 Å². The van der Waals surface area contributed by atoms with Gasteiger partial charge >= 0.3 is 0 Å². The Kier molecular flexibility index (Phi) is 4.21. The van der Waals surface area contributed by atoms with E-state index in [4.69, 9.17) is 4.42 Å². The predicted molar refractivity (Wildman–Crippen MR) is 59.2 cm³/mol. The van der Waals surface area contributed by atoms with Gasteiger partial charge in [0.05, 0.1) is 12.3 Å². The predicted octanol–water partition coefficient (Wildman–Crippen LogP) is 3.36. The van der Waals surface area contributed by atoms with Crippen LogP contribution in [0.15, 0.2) is 22.8 Å². The molecule has 14 heavy (non-hydrogen) atoms. The first-order chi connectivity index (χ1) is 6.59. The smallest absolute Gasteiger partial charge is 0.120 e. The van der Waals surface area contributed by atoms with E-state index in [1.54, 1.807) is 6.26 Å². The van der Waals surface area contributed by atoms with Crippen molar-refractivity contribution >= 4 is 0 Å². The van der Waals surface area contributed by atoms with Gasteiger partial charge in [0.15, 0.2) is 0 Å². The van der Waals surface area contributed by atoms with Crippen molar-refractivity contribution in [3.05, 3.63) is 24.2 Å². The van der Waals surface area contributed by atoms with Crippen LogP contribution in [0.4, 0.5) is 0 Å². The molecular weight excluding hydrogens is 174 g/mol. The maximum Gasteiger partial charge on any atom is 0.120 e. The number of nitrogens with one attached hydrogen (secondary N) is 1. The molecule has 0 bridgehead atoms. The highest BCUT2D eigenvalue weighted by Crippen LogP contribution is 2.14. The monoisotopic (exact) mass is 195 g/mol. The Balaban J connectivity index is 2.37. The van der Waals surface area contributed by atoms with Crippen molar-refractivity contribution in [2.24, 2.45) is 5.92 Å². The fourth-order valence-corrected chi connectivity index (χ4v) is 1.82. The zero-order valence-electron chi connectivity index (χ0n) is 9.58. The van der Waals surface area contributed by atoms with Crippen LogP contribution in [-0.4, -0.2) is 6.04 Å². The SMILES string of the molecule is CC(C)CC(C)N[C@@H](C)c1ccco1. The summed E-state index contributed by atoms with van der Waals surface area (Å²) >= 11 is 0. The number of rotatable bonds is 5. The number of hydrogen-bond acceptors (Lipinski definition) is 2. The standard InChI is InChI=1S/C12H21NO/c1-9(2)8-10(3)13-11(4)12-6-5-7-14-12/h5-7,9-11,13H,8H2,1-4H3/t10?,11-/m0/s1. The van der Waals surface area contributed by atoms with Crippen molar-refractivity contribution < 1.29 is 4.42 Å². The molecule has 0 saturated heterocycles. The molecule has 0 aliphatic rings. The molecule has 0 spiro atoms. The Hall–Kier alpha value is -0.760. The van der Waals surface area contributed by atoms with Crippen LogP contribution in [0.2, 0.25) is 0 Å². The van der Waals surface area contributed by atoms with Crippen LogP contribution in [0.5, 0.6) is 0 Å². The maximum absolute atomic E-state index is 5.34. The first kappa shape index (κ1) is 11.3. The summed E-state index contributed by atoms with van der Waals surface area (Å²) in [5.41, 5.74) is 0. The fourth-order valence-electron chi connectivity index (χ4n) is 1.82. The van der Waals surface area contributed by atoms with Crippen molar-refractivity contribution in [2.75, 3.05) is 0 Å². The summed E-state index contributed by atoms with van der Waals surface area (Å²) in [5.74, 6) is 1.75. The molecule has 0 aliphatic heterocycles. The third-order valence-electron chi connectivity index (χ3n) is 2.33. The molecule has 0 amide bonds. The Morgan fingerprint density at radius 1 is 1.29 bits per heavy atom. The van der Waals surface area contributed by atoms with Gasteiger partial charge in [-0.1, -0.05) is 13.8 Å². The van der Waals surface area contributed by atoms with E-state index >= 15 is 0 Å². The highest BCUT2D eigenvalue weighted by Gasteiger charge is 2.12. The first-order valence-electron chi connectivity index (χ1n) is 5.39. The van der Waals surface area contributed by atoms with E-state index in [1.165, 1.54) is 6.42 Å². The van der Waals surface area contributed by atoms with E-state index in [1.807, 2.05) is 12.1 Å². The van der Waals surface area contributed by atoms with Crippen molar-refractivity contribution in [3.8, 4) is 0 Å². The minimum Gasteiger partial charge on any atom is -0.468 e. The topological polar surface area (TPSA) is 25.2 Å². The van der Waals surface area contributed by atoms with Crippen LogP contribution in [0.25, 0.3) is 0 Å². The fraction of sp³-hybridized carbons (Fsp3) is 0.667. The Labute approximate surface area is 86.7 Å². The van der Waals surface area contributed by atoms with Gasteiger partial charge in [0, 0.05) is 6.04 Å². The summed E-state index contributed by atoms with van der Waals surface area (Å²) in [6.45, 7) is 8.85. The molecule has 1 aromatic heterocycles. The van der Waals surface area contributed by atoms with Crippen LogP contribution in [0.3, 0.4) is 0 Å². The molecule has 2 atom stereocenters. The van der Waals surface area contributed by atoms with E-state index in [9.17, 15) is 0 Å². The third kappa shape index (κ3) is 3.54. The van der Waals surface area contributed by atoms with Gasteiger partial charge in [-0.3, -0.25) is 0 Å². The third-order valence-corrected chi connectivity index (χ3v) is 2.33. The molecule has 80 valence electrons. The average Bonchev–Trinajstić information content (AvgIpc) is 2.53. The summed E-state index contributed by atoms with van der Waals surface area (Å²) < 4.78 is 5.34. The van der Waals surface area contributed by atoms with Gasteiger partial charge in [-0.25, -0.2) is 0 Å². The van der Waals surface area contributed by atoms with E-state index in [2.05, 4.69) is 33.0 Å². The highest BCUT2D eigenvalue weighted by atomic mass is 16.3. The van der Waals surface area contributed by atoms with Gasteiger partial charge in [0.1, 0.15) is 5.76 Å². The zero-order chi connectivity index (χ0) is 10.6. The van der Waals surface area contributed by atoms with E-state index in [0.717, 1.165) is 11.7 Å². The lowest BCUT2D eigenvalue weighted by atomic mass is 10.0. The van der Waals surface area contributed by atoms with Crippen LogP contribution in [0, 0.1) is 5.92 Å². The number of hydrogen-bond donors (Lipinski definition) is 1. The molecule has 1 unspecified atom stereocenters. The average molecular weight is 195 g/mol. The second-order valence-corrected chi connectivity index (χ2v) is 4.43. The molecule has 1 N–H and O–H groups in total. The minimum atomic E-state index is 0.304. The van der Waals surface area contributed by atoms with Crippen molar-refractivity contribution in [1.29, 1.82) is 0 Å². The summed E-state index contributed by atoms with van der Waals surface area (Å²) in [5, 5.41) is 3.52. The molecule has 0 radical (unpaired) electrons. The molecular formula is C12H21NO. The van der Waals surface area contributed by atoms with Crippen LogP contribution in [0.1, 0.15) is 45.9 Å². The van der Waals surface area contributed by atoms with Crippen LogP contribution >= 0.6 is 0 Å². The quantitative estimate of drug-likeness (QED) is 0.779. The Morgan fingerprint density at radius 3 is 2.50 bits per heavy atom. The van der Waals surface area contributed by atoms with Crippen LogP contribution < -0.4 is 5.32 Å². The molecule has 0 aromatic carbocycles. The molecule has 0 aliphatic carbocycles. The summed E-state index contributed by atoms with van der Waals surface area (Å²) in [7, 11) is 0. The van der Waals surface area contributed by atoms with Crippen molar-refractivity contribution in [1.82, 2.24) is 5.32 Å².